The molecule has 0 fully saturated rings. The molecular formula is C73H85O6PSn. The zero-order valence-electron chi connectivity index (χ0n) is 49.9. The first-order chi connectivity index (χ1) is 38.7. The van der Waals surface area contributed by atoms with Gasteiger partial charge in [0.05, 0.1) is 0 Å². The minimum absolute atomic E-state index is 0.0214. The van der Waals surface area contributed by atoms with Crippen molar-refractivity contribution in [3.63, 3.8) is 0 Å². The zero-order valence-corrected chi connectivity index (χ0v) is 53.6. The molecule has 0 saturated heterocycles. The minimum Gasteiger partial charge on any atom is -0.0622 e. The summed E-state index contributed by atoms with van der Waals surface area (Å²) in [5.74, 6) is 1.51. The van der Waals surface area contributed by atoms with Crippen molar-refractivity contribution in [1.82, 2.24) is 0 Å². The number of benzene rings is 8. The zero-order chi connectivity index (χ0) is 58.0. The minimum atomic E-state index is -4.38. The van der Waals surface area contributed by atoms with Crippen LogP contribution in [0.25, 0.3) is 0 Å². The Labute approximate surface area is 496 Å². The summed E-state index contributed by atoms with van der Waals surface area (Å²) in [5, 5.41) is -1.52. The summed E-state index contributed by atoms with van der Waals surface area (Å²) in [6, 6.07) is 73.8. The van der Waals surface area contributed by atoms with Crippen LogP contribution in [-0.4, -0.2) is 56.2 Å². The second-order valence-electron chi connectivity index (χ2n) is 23.9. The summed E-state index contributed by atoms with van der Waals surface area (Å²) in [6.45, 7) is 25.5. The van der Waals surface area contributed by atoms with Crippen LogP contribution in [0.2, 0.25) is 0 Å². The van der Waals surface area contributed by atoms with Crippen LogP contribution in [-0.2, 0) is 16.9 Å². The average Bonchev–Trinajstić information content (AvgIpc) is 3.58. The molecule has 0 heterocycles. The molecular weight excluding hydrogens is 1120 g/mol. The number of rotatable bonds is 26. The standard InChI is InChI=1S/C43H56O6P.C30H29.Sn/c1-31(34-19-13-10-14-20-34)37-29-38(32(2)35-21-15-11-16-22-35)40(39(30-37)33(3)36-23-17-12-18-24-36)48-41(4,5)26-28-47-43(8,9)50(45,46)49-42(6,7)25-27-44;1-22(25-13-7-4-8-14-25)28-19-29(23(2)26-15-9-5-10-16-26)21-30(20-28)24(3)27-17-11-6-12-18-27;/h10-24,29-33H,25-28H2,1-9H3,(H,45,46);4-20,22-24H,1-3H3;/q-1;;+1. The van der Waals surface area contributed by atoms with Gasteiger partial charge in [-0.05, 0) is 22.3 Å². The Balaban J connectivity index is 0.986. The fourth-order valence-corrected chi connectivity index (χ4v) is 15.4. The molecule has 6 nitrogen and oxygen atoms in total. The SMILES string of the molecule is CC(c1ccccc1)c1cc(C(C)c2ccccc2)c(OC(C)(C)CCOC(C)(C)P(=O)(O)OC(C)(C)CC[O][Sn][c]2c(C(C)c3ccccc3)cc(C(C)c3ccccc3)cc2C(C)c2ccccc2)c(C(C)c2ccccc2)c1. The van der Waals surface area contributed by atoms with Gasteiger partial charge in [0.25, 0.3) is 0 Å². The topological polar surface area (TPSA) is 74.2 Å². The van der Waals surface area contributed by atoms with Gasteiger partial charge in [0, 0.05) is 28.9 Å². The van der Waals surface area contributed by atoms with Crippen molar-refractivity contribution in [3.05, 3.63) is 273 Å². The summed E-state index contributed by atoms with van der Waals surface area (Å²) in [5.41, 5.74) is 13.1. The third-order valence-electron chi connectivity index (χ3n) is 16.6. The number of hydrogen-bond donors (Lipinski definition) is 1. The van der Waals surface area contributed by atoms with E-state index in [-0.39, 0.29) is 42.1 Å². The Morgan fingerprint density at radius 2 is 0.704 bits per heavy atom. The molecule has 0 aliphatic heterocycles. The van der Waals surface area contributed by atoms with Crippen LogP contribution in [0.5, 0.6) is 5.75 Å². The average molecular weight is 1210 g/mol. The van der Waals surface area contributed by atoms with E-state index in [2.05, 4.69) is 262 Å². The van der Waals surface area contributed by atoms with Gasteiger partial charge in [-0.1, -0.05) is 124 Å². The molecule has 1 N–H and O–H groups in total. The Morgan fingerprint density at radius 3 is 1.05 bits per heavy atom. The first-order valence-electron chi connectivity index (χ1n) is 29.0. The van der Waals surface area contributed by atoms with Crippen molar-refractivity contribution < 1.29 is 26.5 Å². The summed E-state index contributed by atoms with van der Waals surface area (Å²) in [4.78, 5) is 11.9. The van der Waals surface area contributed by atoms with Crippen LogP contribution in [0, 0.1) is 0 Å². The molecule has 7 unspecified atom stereocenters. The molecule has 2 radical (unpaired) electrons. The van der Waals surface area contributed by atoms with E-state index in [0.717, 1.165) is 16.9 Å². The van der Waals surface area contributed by atoms with Crippen LogP contribution in [0.1, 0.15) is 198 Å². The largest absolute Gasteiger partial charge is 0.0622 e. The second kappa shape index (κ2) is 27.2. The summed E-state index contributed by atoms with van der Waals surface area (Å²) in [6.07, 6.45) is 0.865. The molecule has 8 heteroatoms. The van der Waals surface area contributed by atoms with Gasteiger partial charge in [0.1, 0.15) is 5.75 Å². The van der Waals surface area contributed by atoms with E-state index in [1.54, 1.807) is 13.8 Å². The van der Waals surface area contributed by atoms with Crippen LogP contribution in [0.3, 0.4) is 0 Å². The van der Waals surface area contributed by atoms with E-state index in [1.165, 1.54) is 59.2 Å². The van der Waals surface area contributed by atoms with Crippen molar-refractivity contribution in [2.45, 2.75) is 148 Å². The van der Waals surface area contributed by atoms with Crippen LogP contribution < -0.4 is 8.32 Å². The number of ether oxygens (including phenoxy) is 2. The van der Waals surface area contributed by atoms with E-state index >= 15 is 0 Å². The Hall–Kier alpha value is -5.57. The molecule has 8 aromatic carbocycles. The van der Waals surface area contributed by atoms with Gasteiger partial charge in [0.2, 0.25) is 0 Å². The van der Waals surface area contributed by atoms with Gasteiger partial charge in [-0.3, -0.25) is 0 Å². The van der Waals surface area contributed by atoms with E-state index in [9.17, 15) is 9.46 Å². The molecule has 81 heavy (non-hydrogen) atoms. The third-order valence-corrected chi connectivity index (χ3v) is 22.1. The van der Waals surface area contributed by atoms with E-state index in [1.807, 2.05) is 13.8 Å². The Morgan fingerprint density at radius 1 is 0.407 bits per heavy atom. The van der Waals surface area contributed by atoms with Gasteiger partial charge in [-0.25, -0.2) is 0 Å². The molecule has 8 aromatic rings. The van der Waals surface area contributed by atoms with E-state index in [4.69, 9.17) is 17.1 Å². The van der Waals surface area contributed by atoms with Crippen molar-refractivity contribution in [1.29, 1.82) is 0 Å². The maximum Gasteiger partial charge on any atom is 0.00978 e. The van der Waals surface area contributed by atoms with Gasteiger partial charge in [-0.2, -0.15) is 0 Å². The predicted octanol–water partition coefficient (Wildman–Crippen LogP) is 18.2. The van der Waals surface area contributed by atoms with Gasteiger partial charge >= 0.3 is 318 Å². The third kappa shape index (κ3) is 15.6. The maximum absolute atomic E-state index is 14.5. The molecule has 7 atom stereocenters. The van der Waals surface area contributed by atoms with Crippen molar-refractivity contribution in [2.75, 3.05) is 13.2 Å². The fourth-order valence-electron chi connectivity index (χ4n) is 10.9. The van der Waals surface area contributed by atoms with Gasteiger partial charge in [0.15, 0.2) is 0 Å². The second-order valence-corrected chi connectivity index (χ2v) is 29.0. The van der Waals surface area contributed by atoms with Crippen LogP contribution >= 0.6 is 7.60 Å². The van der Waals surface area contributed by atoms with Crippen molar-refractivity contribution >= 4 is 32.7 Å². The normalized spacial score (nSPS) is 15.2. The summed E-state index contributed by atoms with van der Waals surface area (Å²) in [7, 11) is -4.38. The van der Waals surface area contributed by atoms with Gasteiger partial charge < -0.3 is 0 Å². The van der Waals surface area contributed by atoms with Crippen LogP contribution in [0.4, 0.5) is 0 Å². The fraction of sp³-hybridized carbons (Fsp3) is 0.342. The number of hydrogen-bond acceptors (Lipinski definition) is 5. The Bertz CT molecular complexity index is 3160. The molecule has 0 aliphatic carbocycles. The van der Waals surface area contributed by atoms with Crippen molar-refractivity contribution in [2.24, 2.45) is 0 Å². The smallest absolute Gasteiger partial charge is 0.00978 e. The molecule has 0 bridgehead atoms. The summed E-state index contributed by atoms with van der Waals surface area (Å²) < 4.78 is 42.7. The van der Waals surface area contributed by atoms with Crippen molar-refractivity contribution in [3.8, 4) is 5.75 Å². The molecule has 0 spiro atoms. The summed E-state index contributed by atoms with van der Waals surface area (Å²) >= 11 is -1.72. The predicted molar refractivity (Wildman–Crippen MR) is 337 cm³/mol. The Kier molecular flexibility index (Phi) is 20.7. The van der Waals surface area contributed by atoms with E-state index in [0.29, 0.717) is 19.4 Å². The molecule has 422 valence electrons. The van der Waals surface area contributed by atoms with E-state index < -0.39 is 45.7 Å². The molecule has 0 aromatic heterocycles. The molecule has 8 rings (SSSR count). The quantitative estimate of drug-likeness (QED) is 0.0331. The monoisotopic (exact) mass is 1210 g/mol. The van der Waals surface area contributed by atoms with Crippen LogP contribution in [0.15, 0.2) is 206 Å². The first kappa shape index (κ1) is 61.5. The molecule has 0 saturated carbocycles. The molecule has 0 aliphatic rings. The molecule has 0 amide bonds. The van der Waals surface area contributed by atoms with Gasteiger partial charge in [-0.15, -0.1) is 0 Å². The maximum atomic E-state index is 14.5. The first-order valence-corrected chi connectivity index (χ1v) is 33.2.